The van der Waals surface area contributed by atoms with E-state index >= 15 is 0 Å². The van der Waals surface area contributed by atoms with Gasteiger partial charge in [-0.3, -0.25) is 4.79 Å². The lowest BCUT2D eigenvalue weighted by atomic mass is 10.0. The molecule has 5 nitrogen and oxygen atoms in total. The predicted molar refractivity (Wildman–Crippen MR) is 63.0 cm³/mol. The molecule has 16 heavy (non-hydrogen) atoms. The lowest BCUT2D eigenvalue weighted by molar-refractivity contribution is 0.0920. The second kappa shape index (κ2) is 5.65. The standard InChI is InChI=1S/C11H20N4O/c1-8(2)6-9(7-12)14-11(16)10-13-4-5-15(10)3/h4-5,8-9H,6-7,12H2,1-3H3,(H,14,16). The fourth-order valence-corrected chi connectivity index (χ4v) is 1.62. The van der Waals surface area contributed by atoms with Crippen LogP contribution >= 0.6 is 0 Å². The molecule has 5 heteroatoms. The summed E-state index contributed by atoms with van der Waals surface area (Å²) >= 11 is 0. The summed E-state index contributed by atoms with van der Waals surface area (Å²) < 4.78 is 1.69. The van der Waals surface area contributed by atoms with Gasteiger partial charge in [0.2, 0.25) is 0 Å². The molecule has 0 aromatic carbocycles. The zero-order chi connectivity index (χ0) is 12.1. The highest BCUT2D eigenvalue weighted by molar-refractivity contribution is 5.90. The number of nitrogens with zero attached hydrogens (tertiary/aromatic N) is 2. The Kier molecular flexibility index (Phi) is 4.49. The summed E-state index contributed by atoms with van der Waals surface area (Å²) in [6.07, 6.45) is 4.23. The number of rotatable bonds is 5. The maximum absolute atomic E-state index is 11.8. The second-order valence-electron chi connectivity index (χ2n) is 4.40. The minimum Gasteiger partial charge on any atom is -0.345 e. The summed E-state index contributed by atoms with van der Waals surface area (Å²) in [7, 11) is 1.79. The zero-order valence-corrected chi connectivity index (χ0v) is 10.1. The molecule has 1 rings (SSSR count). The van der Waals surface area contributed by atoms with Gasteiger partial charge in [-0.15, -0.1) is 0 Å². The lowest BCUT2D eigenvalue weighted by Gasteiger charge is -2.18. The monoisotopic (exact) mass is 224 g/mol. The average molecular weight is 224 g/mol. The van der Waals surface area contributed by atoms with Gasteiger partial charge in [-0.1, -0.05) is 13.8 Å². The SMILES string of the molecule is CC(C)CC(CN)NC(=O)c1nccn1C. The molecule has 1 heterocycles. The van der Waals surface area contributed by atoms with Crippen LogP contribution in [0.3, 0.4) is 0 Å². The molecule has 0 aliphatic rings. The number of carbonyl (C=O) groups excluding carboxylic acids is 1. The first-order valence-corrected chi connectivity index (χ1v) is 5.52. The van der Waals surface area contributed by atoms with Crippen LogP contribution in [0, 0.1) is 5.92 Å². The second-order valence-corrected chi connectivity index (χ2v) is 4.40. The van der Waals surface area contributed by atoms with Gasteiger partial charge >= 0.3 is 0 Å². The van der Waals surface area contributed by atoms with E-state index in [0.717, 1.165) is 6.42 Å². The highest BCUT2D eigenvalue weighted by Gasteiger charge is 2.16. The number of aryl methyl sites for hydroxylation is 1. The Labute approximate surface area is 96.0 Å². The van der Waals surface area contributed by atoms with Gasteiger partial charge in [-0.25, -0.2) is 4.98 Å². The maximum atomic E-state index is 11.8. The van der Waals surface area contributed by atoms with E-state index in [2.05, 4.69) is 24.1 Å². The number of hydrogen-bond donors (Lipinski definition) is 2. The molecule has 0 saturated heterocycles. The highest BCUT2D eigenvalue weighted by Crippen LogP contribution is 2.04. The van der Waals surface area contributed by atoms with Gasteiger partial charge in [-0.05, 0) is 12.3 Å². The number of nitrogens with two attached hydrogens (primary N) is 1. The molecule has 0 bridgehead atoms. The zero-order valence-electron chi connectivity index (χ0n) is 10.1. The lowest BCUT2D eigenvalue weighted by Crippen LogP contribution is -2.41. The van der Waals surface area contributed by atoms with Crippen LogP contribution in [0.1, 0.15) is 30.9 Å². The molecule has 1 atom stereocenters. The third-order valence-corrected chi connectivity index (χ3v) is 2.40. The van der Waals surface area contributed by atoms with Gasteiger partial charge in [0.25, 0.3) is 5.91 Å². The van der Waals surface area contributed by atoms with Crippen LogP contribution < -0.4 is 11.1 Å². The molecule has 0 spiro atoms. The van der Waals surface area contributed by atoms with Crippen molar-refractivity contribution in [3.63, 3.8) is 0 Å². The molecule has 1 unspecified atom stereocenters. The third-order valence-electron chi connectivity index (χ3n) is 2.40. The number of nitrogens with one attached hydrogen (secondary N) is 1. The molecule has 90 valence electrons. The minimum absolute atomic E-state index is 0.0178. The summed E-state index contributed by atoms with van der Waals surface area (Å²) in [5.74, 6) is 0.765. The molecule has 1 aromatic rings. The molecular weight excluding hydrogens is 204 g/mol. The van der Waals surface area contributed by atoms with E-state index in [1.807, 2.05) is 0 Å². The fourth-order valence-electron chi connectivity index (χ4n) is 1.62. The Morgan fingerprint density at radius 2 is 2.31 bits per heavy atom. The number of imidazole rings is 1. The third kappa shape index (κ3) is 3.34. The van der Waals surface area contributed by atoms with Crippen molar-refractivity contribution in [1.82, 2.24) is 14.9 Å². The van der Waals surface area contributed by atoms with Gasteiger partial charge in [0, 0.05) is 32.0 Å². The van der Waals surface area contributed by atoms with E-state index < -0.39 is 0 Å². The Hall–Kier alpha value is -1.36. The molecular formula is C11H20N4O. The molecule has 3 N–H and O–H groups in total. The van der Waals surface area contributed by atoms with Crippen LogP contribution in [0.15, 0.2) is 12.4 Å². The topological polar surface area (TPSA) is 72.9 Å². The summed E-state index contributed by atoms with van der Waals surface area (Å²) in [5.41, 5.74) is 5.62. The van der Waals surface area contributed by atoms with E-state index in [1.165, 1.54) is 0 Å². The van der Waals surface area contributed by atoms with Crippen LogP contribution in [0.5, 0.6) is 0 Å². The van der Waals surface area contributed by atoms with Crippen LogP contribution in [-0.2, 0) is 7.05 Å². The molecule has 0 saturated carbocycles. The van der Waals surface area contributed by atoms with Crippen molar-refractivity contribution < 1.29 is 4.79 Å². The van der Waals surface area contributed by atoms with E-state index in [4.69, 9.17) is 5.73 Å². The van der Waals surface area contributed by atoms with E-state index in [9.17, 15) is 4.79 Å². The Balaban J connectivity index is 2.59. The first kappa shape index (κ1) is 12.7. The first-order valence-electron chi connectivity index (χ1n) is 5.52. The van der Waals surface area contributed by atoms with E-state index in [-0.39, 0.29) is 11.9 Å². The molecule has 0 fully saturated rings. The van der Waals surface area contributed by atoms with Crippen molar-refractivity contribution in [2.75, 3.05) is 6.54 Å². The Morgan fingerprint density at radius 3 is 2.75 bits per heavy atom. The minimum atomic E-state index is -0.163. The molecule has 0 aliphatic carbocycles. The number of aromatic nitrogens is 2. The van der Waals surface area contributed by atoms with Gasteiger partial charge in [0.1, 0.15) is 0 Å². The largest absolute Gasteiger partial charge is 0.345 e. The van der Waals surface area contributed by atoms with Crippen molar-refractivity contribution in [2.45, 2.75) is 26.3 Å². The van der Waals surface area contributed by atoms with E-state index in [0.29, 0.717) is 18.3 Å². The Bertz CT molecular complexity index is 346. The quantitative estimate of drug-likeness (QED) is 0.766. The summed E-state index contributed by atoms with van der Waals surface area (Å²) in [4.78, 5) is 15.8. The van der Waals surface area contributed by atoms with Gasteiger partial charge in [0.05, 0.1) is 0 Å². The van der Waals surface area contributed by atoms with Gasteiger partial charge < -0.3 is 15.6 Å². The van der Waals surface area contributed by atoms with Crippen LogP contribution in [0.2, 0.25) is 0 Å². The normalized spacial score (nSPS) is 12.8. The molecule has 1 amide bonds. The fraction of sp³-hybridized carbons (Fsp3) is 0.636. The van der Waals surface area contributed by atoms with Crippen LogP contribution in [-0.4, -0.2) is 28.0 Å². The smallest absolute Gasteiger partial charge is 0.287 e. The average Bonchev–Trinajstić information content (AvgIpc) is 2.62. The number of carbonyl (C=O) groups is 1. The summed E-state index contributed by atoms with van der Waals surface area (Å²) in [6, 6.07) is 0.0178. The maximum Gasteiger partial charge on any atom is 0.287 e. The van der Waals surface area contributed by atoms with Crippen LogP contribution in [0.25, 0.3) is 0 Å². The van der Waals surface area contributed by atoms with Crippen LogP contribution in [0.4, 0.5) is 0 Å². The van der Waals surface area contributed by atoms with Crippen molar-refractivity contribution in [1.29, 1.82) is 0 Å². The molecule has 1 aromatic heterocycles. The molecule has 0 aliphatic heterocycles. The first-order chi connectivity index (χ1) is 7.54. The van der Waals surface area contributed by atoms with Gasteiger partial charge in [0.15, 0.2) is 5.82 Å². The summed E-state index contributed by atoms with van der Waals surface area (Å²) in [5, 5.41) is 2.89. The molecule has 0 radical (unpaired) electrons. The van der Waals surface area contributed by atoms with Crippen molar-refractivity contribution in [2.24, 2.45) is 18.7 Å². The Morgan fingerprint density at radius 1 is 1.62 bits per heavy atom. The van der Waals surface area contributed by atoms with Crippen molar-refractivity contribution in [3.05, 3.63) is 18.2 Å². The predicted octanol–water partition coefficient (Wildman–Crippen LogP) is 0.523. The van der Waals surface area contributed by atoms with Gasteiger partial charge in [-0.2, -0.15) is 0 Å². The van der Waals surface area contributed by atoms with Crippen molar-refractivity contribution >= 4 is 5.91 Å². The number of hydrogen-bond acceptors (Lipinski definition) is 3. The highest BCUT2D eigenvalue weighted by atomic mass is 16.2. The number of amides is 1. The summed E-state index contributed by atoms with van der Waals surface area (Å²) in [6.45, 7) is 4.67. The van der Waals surface area contributed by atoms with E-state index in [1.54, 1.807) is 24.0 Å². The van der Waals surface area contributed by atoms with Crippen molar-refractivity contribution in [3.8, 4) is 0 Å².